The lowest BCUT2D eigenvalue weighted by atomic mass is 10.2. The average molecular weight is 301 g/mol. The van der Waals surface area contributed by atoms with Gasteiger partial charge < -0.3 is 9.84 Å². The van der Waals surface area contributed by atoms with Crippen LogP contribution < -0.4 is 4.74 Å². The van der Waals surface area contributed by atoms with Crippen LogP contribution in [-0.2, 0) is 6.61 Å². The molecule has 0 saturated heterocycles. The molecule has 0 spiro atoms. The Bertz CT molecular complexity index is 326. The maximum absolute atomic E-state index is 9.21. The third kappa shape index (κ3) is 5.55. The van der Waals surface area contributed by atoms with Crippen LogP contribution in [0, 0.1) is 0 Å². The van der Waals surface area contributed by atoms with Crippen molar-refractivity contribution < 1.29 is 9.84 Å². The van der Waals surface area contributed by atoms with Crippen LogP contribution in [0.1, 0.15) is 44.6 Å². The minimum absolute atomic E-state index is 0.0185. The van der Waals surface area contributed by atoms with Gasteiger partial charge in [-0.25, -0.2) is 0 Å². The van der Waals surface area contributed by atoms with Crippen LogP contribution in [0.5, 0.6) is 5.75 Å². The van der Waals surface area contributed by atoms with Gasteiger partial charge in [0.2, 0.25) is 0 Å². The van der Waals surface area contributed by atoms with Crippen LogP contribution >= 0.6 is 15.9 Å². The zero-order chi connectivity index (χ0) is 12.5. The van der Waals surface area contributed by atoms with Crippen LogP contribution in [-0.4, -0.2) is 11.7 Å². The van der Waals surface area contributed by atoms with E-state index in [1.807, 2.05) is 18.2 Å². The summed E-state index contributed by atoms with van der Waals surface area (Å²) in [6.45, 7) is 2.97. The largest absolute Gasteiger partial charge is 0.493 e. The predicted molar refractivity (Wildman–Crippen MR) is 74.3 cm³/mol. The van der Waals surface area contributed by atoms with Gasteiger partial charge in [-0.3, -0.25) is 0 Å². The summed E-state index contributed by atoms with van der Waals surface area (Å²) in [7, 11) is 0. The van der Waals surface area contributed by atoms with Crippen LogP contribution in [0.2, 0.25) is 0 Å². The van der Waals surface area contributed by atoms with E-state index < -0.39 is 0 Å². The first-order valence-electron chi connectivity index (χ1n) is 6.30. The van der Waals surface area contributed by atoms with Gasteiger partial charge in [0.25, 0.3) is 0 Å². The summed E-state index contributed by atoms with van der Waals surface area (Å²) in [5.41, 5.74) is 0.841. The first kappa shape index (κ1) is 14.5. The second kappa shape index (κ2) is 8.54. The van der Waals surface area contributed by atoms with Crippen molar-refractivity contribution in [3.63, 3.8) is 0 Å². The maximum atomic E-state index is 9.21. The van der Waals surface area contributed by atoms with E-state index in [0.717, 1.165) is 28.8 Å². The van der Waals surface area contributed by atoms with Crippen molar-refractivity contribution >= 4 is 15.9 Å². The Labute approximate surface area is 112 Å². The van der Waals surface area contributed by atoms with Crippen molar-refractivity contribution in [2.24, 2.45) is 0 Å². The molecular formula is C14H21BrO2. The Morgan fingerprint density at radius 3 is 2.65 bits per heavy atom. The molecule has 1 aromatic carbocycles. The number of aliphatic hydroxyl groups is 1. The molecule has 0 atom stereocenters. The zero-order valence-corrected chi connectivity index (χ0v) is 12.0. The fraction of sp³-hybridized carbons (Fsp3) is 0.571. The molecule has 1 rings (SSSR count). The van der Waals surface area contributed by atoms with E-state index in [-0.39, 0.29) is 6.61 Å². The highest BCUT2D eigenvalue weighted by atomic mass is 79.9. The molecule has 0 amide bonds. The summed E-state index contributed by atoms with van der Waals surface area (Å²) in [5, 5.41) is 9.21. The highest BCUT2D eigenvalue weighted by Gasteiger charge is 2.03. The summed E-state index contributed by atoms with van der Waals surface area (Å²) >= 11 is 3.38. The fourth-order valence-electron chi connectivity index (χ4n) is 1.70. The first-order chi connectivity index (χ1) is 8.27. The highest BCUT2D eigenvalue weighted by molar-refractivity contribution is 9.10. The van der Waals surface area contributed by atoms with E-state index in [0.29, 0.717) is 0 Å². The smallest absolute Gasteiger partial charge is 0.124 e. The Morgan fingerprint density at radius 1 is 1.18 bits per heavy atom. The van der Waals surface area contributed by atoms with Gasteiger partial charge in [0, 0.05) is 10.0 Å². The van der Waals surface area contributed by atoms with Crippen LogP contribution in [0.25, 0.3) is 0 Å². The molecule has 2 nitrogen and oxygen atoms in total. The monoisotopic (exact) mass is 300 g/mol. The molecule has 0 fully saturated rings. The first-order valence-corrected chi connectivity index (χ1v) is 7.09. The zero-order valence-electron chi connectivity index (χ0n) is 10.4. The molecule has 1 N–H and O–H groups in total. The van der Waals surface area contributed by atoms with Crippen molar-refractivity contribution in [1.82, 2.24) is 0 Å². The Balaban J connectivity index is 2.31. The lowest BCUT2D eigenvalue weighted by Crippen LogP contribution is -2.00. The molecule has 17 heavy (non-hydrogen) atoms. The predicted octanol–water partition coefficient (Wildman–Crippen LogP) is 4.29. The van der Waals surface area contributed by atoms with Crippen molar-refractivity contribution in [3.8, 4) is 5.75 Å². The van der Waals surface area contributed by atoms with Crippen molar-refractivity contribution in [1.29, 1.82) is 0 Å². The number of hydrogen-bond acceptors (Lipinski definition) is 2. The van der Waals surface area contributed by atoms with Gasteiger partial charge in [-0.15, -0.1) is 0 Å². The van der Waals surface area contributed by atoms with E-state index in [4.69, 9.17) is 4.74 Å². The molecule has 1 aromatic rings. The lowest BCUT2D eigenvalue weighted by molar-refractivity contribution is 0.260. The normalized spacial score (nSPS) is 10.5. The molecule has 0 aliphatic heterocycles. The number of benzene rings is 1. The van der Waals surface area contributed by atoms with Crippen molar-refractivity contribution in [3.05, 3.63) is 28.2 Å². The van der Waals surface area contributed by atoms with Gasteiger partial charge in [-0.2, -0.15) is 0 Å². The molecule has 0 aliphatic carbocycles. The van der Waals surface area contributed by atoms with Gasteiger partial charge in [-0.05, 0) is 24.6 Å². The second-order valence-electron chi connectivity index (χ2n) is 4.17. The summed E-state index contributed by atoms with van der Waals surface area (Å²) < 4.78 is 6.65. The number of ether oxygens (including phenoxy) is 1. The molecule has 0 aliphatic rings. The van der Waals surface area contributed by atoms with Crippen molar-refractivity contribution in [2.75, 3.05) is 6.61 Å². The minimum atomic E-state index is 0.0185. The van der Waals surface area contributed by atoms with Crippen LogP contribution in [0.3, 0.4) is 0 Å². The third-order valence-electron chi connectivity index (χ3n) is 2.70. The van der Waals surface area contributed by atoms with Crippen LogP contribution in [0.4, 0.5) is 0 Å². The van der Waals surface area contributed by atoms with E-state index >= 15 is 0 Å². The summed E-state index contributed by atoms with van der Waals surface area (Å²) in [5.74, 6) is 0.797. The molecule has 96 valence electrons. The molecule has 0 aromatic heterocycles. The van der Waals surface area contributed by atoms with E-state index in [9.17, 15) is 5.11 Å². The highest BCUT2D eigenvalue weighted by Crippen LogP contribution is 2.23. The molecule has 3 heteroatoms. The van der Waals surface area contributed by atoms with Gasteiger partial charge in [0.15, 0.2) is 0 Å². The molecule has 0 saturated carbocycles. The Hall–Kier alpha value is -0.540. The molecule has 0 radical (unpaired) electrons. The number of halogens is 1. The second-order valence-corrected chi connectivity index (χ2v) is 5.09. The lowest BCUT2D eigenvalue weighted by Gasteiger charge is -2.10. The molecular weight excluding hydrogens is 280 g/mol. The van der Waals surface area contributed by atoms with E-state index in [1.165, 1.54) is 25.7 Å². The quantitative estimate of drug-likeness (QED) is 0.726. The van der Waals surface area contributed by atoms with Crippen LogP contribution in [0.15, 0.2) is 22.7 Å². The maximum Gasteiger partial charge on any atom is 0.124 e. The Kier molecular flexibility index (Phi) is 7.29. The molecule has 0 bridgehead atoms. The minimum Gasteiger partial charge on any atom is -0.493 e. The van der Waals surface area contributed by atoms with Gasteiger partial charge in [0.05, 0.1) is 13.2 Å². The standard InChI is InChI=1S/C14H21BrO2/c1-2-3-4-5-6-9-17-14-8-7-13(15)10-12(14)11-16/h7-8,10,16H,2-6,9,11H2,1H3. The molecule has 0 unspecified atom stereocenters. The molecule has 0 heterocycles. The van der Waals surface area contributed by atoms with Gasteiger partial charge in [-0.1, -0.05) is 48.5 Å². The topological polar surface area (TPSA) is 29.5 Å². The summed E-state index contributed by atoms with van der Waals surface area (Å²) in [6, 6.07) is 5.74. The SMILES string of the molecule is CCCCCCCOc1ccc(Br)cc1CO. The average Bonchev–Trinajstić information content (AvgIpc) is 2.35. The van der Waals surface area contributed by atoms with Crippen molar-refractivity contribution in [2.45, 2.75) is 45.6 Å². The fourth-order valence-corrected chi connectivity index (χ4v) is 2.11. The number of aliphatic hydroxyl groups excluding tert-OH is 1. The third-order valence-corrected chi connectivity index (χ3v) is 3.19. The number of rotatable bonds is 8. The number of hydrogen-bond donors (Lipinski definition) is 1. The van der Waals surface area contributed by atoms with Gasteiger partial charge >= 0.3 is 0 Å². The van der Waals surface area contributed by atoms with E-state index in [2.05, 4.69) is 22.9 Å². The summed E-state index contributed by atoms with van der Waals surface area (Å²) in [4.78, 5) is 0. The van der Waals surface area contributed by atoms with E-state index in [1.54, 1.807) is 0 Å². The Morgan fingerprint density at radius 2 is 1.94 bits per heavy atom. The van der Waals surface area contributed by atoms with Gasteiger partial charge in [0.1, 0.15) is 5.75 Å². The number of unbranched alkanes of at least 4 members (excludes halogenated alkanes) is 4. The summed E-state index contributed by atoms with van der Waals surface area (Å²) in [6.07, 6.45) is 6.16.